The van der Waals surface area contributed by atoms with E-state index in [1.54, 1.807) is 43.4 Å². The highest BCUT2D eigenvalue weighted by molar-refractivity contribution is 5.97. The molecule has 0 aliphatic heterocycles. The quantitative estimate of drug-likeness (QED) is 0.316. The summed E-state index contributed by atoms with van der Waals surface area (Å²) in [7, 11) is 0. The van der Waals surface area contributed by atoms with Crippen LogP contribution in [0.3, 0.4) is 0 Å². The molecule has 0 aromatic carbocycles. The summed E-state index contributed by atoms with van der Waals surface area (Å²) in [5.41, 5.74) is 7.08. The number of aromatic nitrogens is 8. The highest BCUT2D eigenvalue weighted by Gasteiger charge is 2.17. The highest BCUT2D eigenvalue weighted by Crippen LogP contribution is 2.32. The van der Waals surface area contributed by atoms with Crippen molar-refractivity contribution in [2.75, 3.05) is 5.32 Å². The summed E-state index contributed by atoms with van der Waals surface area (Å²) in [6, 6.07) is 7.67. The normalized spacial score (nSPS) is 11.2. The van der Waals surface area contributed by atoms with Crippen LogP contribution in [0.1, 0.15) is 19.8 Å². The molecule has 0 fully saturated rings. The first kappa shape index (κ1) is 21.5. The zero-order chi connectivity index (χ0) is 24.5. The van der Waals surface area contributed by atoms with Crippen LogP contribution in [0.5, 0.6) is 0 Å². The molecule has 1 amide bonds. The maximum absolute atomic E-state index is 12.0. The van der Waals surface area contributed by atoms with Crippen molar-refractivity contribution in [1.82, 2.24) is 40.1 Å². The van der Waals surface area contributed by atoms with Gasteiger partial charge < -0.3 is 10.3 Å². The van der Waals surface area contributed by atoms with E-state index in [0.29, 0.717) is 29.3 Å². The second-order valence-corrected chi connectivity index (χ2v) is 8.35. The maximum atomic E-state index is 12.0. The van der Waals surface area contributed by atoms with Gasteiger partial charge in [0.05, 0.1) is 46.5 Å². The molecule has 10 nitrogen and oxygen atoms in total. The van der Waals surface area contributed by atoms with Crippen molar-refractivity contribution < 1.29 is 4.79 Å². The van der Waals surface area contributed by atoms with Crippen LogP contribution in [0.15, 0.2) is 67.6 Å². The number of amides is 1. The third-order valence-electron chi connectivity index (χ3n) is 5.85. The van der Waals surface area contributed by atoms with E-state index in [1.807, 2.05) is 31.2 Å². The van der Waals surface area contributed by atoms with E-state index in [0.717, 1.165) is 45.0 Å². The van der Waals surface area contributed by atoms with Crippen molar-refractivity contribution in [1.29, 1.82) is 0 Å². The van der Waals surface area contributed by atoms with Gasteiger partial charge in [0.2, 0.25) is 5.91 Å². The fourth-order valence-corrected chi connectivity index (χ4v) is 4.14. The van der Waals surface area contributed by atoms with E-state index in [4.69, 9.17) is 4.98 Å². The molecule has 0 saturated heterocycles. The number of nitrogens with zero attached hydrogens (tertiary/aromatic N) is 6. The van der Waals surface area contributed by atoms with Crippen LogP contribution < -0.4 is 5.32 Å². The van der Waals surface area contributed by atoms with Gasteiger partial charge in [-0.1, -0.05) is 6.92 Å². The number of carbonyl (C=O) groups is 1. The fraction of sp³-hybridized carbons (Fsp3) is 0.115. The SMILES string of the molecule is CCCC(=O)Nc1cncc(-c2cc3c(-c4nc5c(-c6ccncc6)cncc5[nH]4)n[nH]c3cn2)c1. The zero-order valence-corrected chi connectivity index (χ0v) is 19.4. The Morgan fingerprint density at radius 3 is 2.67 bits per heavy atom. The average molecular weight is 476 g/mol. The third kappa shape index (κ3) is 3.94. The number of anilines is 1. The van der Waals surface area contributed by atoms with Gasteiger partial charge in [-0.05, 0) is 36.2 Å². The maximum Gasteiger partial charge on any atom is 0.224 e. The highest BCUT2D eigenvalue weighted by atomic mass is 16.1. The standard InChI is InChI=1S/C26H21N9O/c1-2-3-23(36)31-17-8-16(10-28-11-17)20-9-18-21(14-30-20)34-35-25(18)26-32-22-13-29-12-19(24(22)33-26)15-4-6-27-7-5-15/h4-14H,2-3H2,1H3,(H,31,36)(H,32,33)(H,34,35). The largest absolute Gasteiger partial charge is 0.335 e. The molecule has 0 saturated carbocycles. The Kier molecular flexibility index (Phi) is 5.38. The Morgan fingerprint density at radius 2 is 1.81 bits per heavy atom. The van der Waals surface area contributed by atoms with Gasteiger partial charge in [0, 0.05) is 47.7 Å². The molecule has 36 heavy (non-hydrogen) atoms. The molecule has 6 aromatic rings. The van der Waals surface area contributed by atoms with Gasteiger partial charge in [0.15, 0.2) is 5.82 Å². The fourth-order valence-electron chi connectivity index (χ4n) is 4.14. The smallest absolute Gasteiger partial charge is 0.224 e. The topological polar surface area (TPSA) is 138 Å². The predicted octanol–water partition coefficient (Wildman–Crippen LogP) is 4.76. The minimum Gasteiger partial charge on any atom is -0.335 e. The summed E-state index contributed by atoms with van der Waals surface area (Å²) in [4.78, 5) is 37.5. The van der Waals surface area contributed by atoms with Crippen molar-refractivity contribution in [3.8, 4) is 33.9 Å². The van der Waals surface area contributed by atoms with Crippen LogP contribution >= 0.6 is 0 Å². The average Bonchev–Trinajstić information content (AvgIpc) is 3.53. The van der Waals surface area contributed by atoms with E-state index in [-0.39, 0.29) is 5.91 Å². The second kappa shape index (κ2) is 8.99. The molecule has 0 aliphatic rings. The number of nitrogens with one attached hydrogen (secondary N) is 3. The molecule has 6 rings (SSSR count). The molecular weight excluding hydrogens is 454 g/mol. The van der Waals surface area contributed by atoms with Crippen LogP contribution in [-0.2, 0) is 4.79 Å². The summed E-state index contributed by atoms with van der Waals surface area (Å²) in [6.45, 7) is 1.97. The Balaban J connectivity index is 1.40. The number of pyridine rings is 4. The predicted molar refractivity (Wildman–Crippen MR) is 137 cm³/mol. The summed E-state index contributed by atoms with van der Waals surface area (Å²) in [5, 5.41) is 11.3. The van der Waals surface area contributed by atoms with Crippen molar-refractivity contribution >= 4 is 33.5 Å². The molecule has 0 bridgehead atoms. The molecule has 0 aliphatic carbocycles. The van der Waals surface area contributed by atoms with E-state index in [1.165, 1.54) is 0 Å². The molecule has 10 heteroatoms. The molecule has 0 atom stereocenters. The summed E-state index contributed by atoms with van der Waals surface area (Å²) in [5.74, 6) is 0.581. The zero-order valence-electron chi connectivity index (χ0n) is 19.4. The Morgan fingerprint density at radius 1 is 0.944 bits per heavy atom. The van der Waals surface area contributed by atoms with E-state index in [9.17, 15) is 4.79 Å². The molecule has 0 unspecified atom stereocenters. The number of imidazole rings is 1. The molecule has 0 radical (unpaired) electrons. The first-order chi connectivity index (χ1) is 17.7. The van der Waals surface area contributed by atoms with Crippen LogP contribution in [0.25, 0.3) is 55.8 Å². The lowest BCUT2D eigenvalue weighted by molar-refractivity contribution is -0.116. The Hall–Kier alpha value is -4.99. The van der Waals surface area contributed by atoms with Gasteiger partial charge in [0.25, 0.3) is 0 Å². The van der Waals surface area contributed by atoms with Crippen LogP contribution in [0.4, 0.5) is 5.69 Å². The number of fused-ring (bicyclic) bond motifs is 2. The van der Waals surface area contributed by atoms with Gasteiger partial charge in [-0.25, -0.2) is 4.98 Å². The summed E-state index contributed by atoms with van der Waals surface area (Å²) in [6.07, 6.45) is 13.4. The third-order valence-corrected chi connectivity index (χ3v) is 5.85. The second-order valence-electron chi connectivity index (χ2n) is 8.35. The number of carbonyl (C=O) groups excluding carboxylic acids is 1. The number of hydrogen-bond donors (Lipinski definition) is 3. The number of hydrogen-bond acceptors (Lipinski definition) is 7. The van der Waals surface area contributed by atoms with Crippen molar-refractivity contribution in [3.63, 3.8) is 0 Å². The molecule has 6 heterocycles. The Labute approximate surface area is 205 Å². The van der Waals surface area contributed by atoms with Crippen molar-refractivity contribution in [2.24, 2.45) is 0 Å². The number of H-pyrrole nitrogens is 2. The lowest BCUT2D eigenvalue weighted by Gasteiger charge is -2.06. The van der Waals surface area contributed by atoms with Gasteiger partial charge in [-0.15, -0.1) is 0 Å². The van der Waals surface area contributed by atoms with E-state index >= 15 is 0 Å². The van der Waals surface area contributed by atoms with Crippen molar-refractivity contribution in [2.45, 2.75) is 19.8 Å². The van der Waals surface area contributed by atoms with Gasteiger partial charge in [-0.2, -0.15) is 5.10 Å². The minimum absolute atomic E-state index is 0.0394. The van der Waals surface area contributed by atoms with Crippen LogP contribution in [0, 0.1) is 0 Å². The molecule has 176 valence electrons. The van der Waals surface area contributed by atoms with Gasteiger partial charge in [-0.3, -0.25) is 29.8 Å². The monoisotopic (exact) mass is 475 g/mol. The molecule has 6 aromatic heterocycles. The van der Waals surface area contributed by atoms with E-state index in [2.05, 4.69) is 40.4 Å². The number of rotatable bonds is 6. The van der Waals surface area contributed by atoms with Gasteiger partial charge in [0.1, 0.15) is 5.69 Å². The first-order valence-corrected chi connectivity index (χ1v) is 11.5. The molecular formula is C26H21N9O. The van der Waals surface area contributed by atoms with Crippen LogP contribution in [0.2, 0.25) is 0 Å². The minimum atomic E-state index is -0.0394. The van der Waals surface area contributed by atoms with E-state index < -0.39 is 0 Å². The first-order valence-electron chi connectivity index (χ1n) is 11.5. The lowest BCUT2D eigenvalue weighted by atomic mass is 10.1. The number of aromatic amines is 2. The summed E-state index contributed by atoms with van der Waals surface area (Å²) >= 11 is 0. The molecule has 0 spiro atoms. The summed E-state index contributed by atoms with van der Waals surface area (Å²) < 4.78 is 0. The lowest BCUT2D eigenvalue weighted by Crippen LogP contribution is -2.10. The Bertz CT molecular complexity index is 1710. The van der Waals surface area contributed by atoms with Crippen LogP contribution in [-0.4, -0.2) is 46.0 Å². The van der Waals surface area contributed by atoms with Crippen molar-refractivity contribution in [3.05, 3.63) is 67.6 Å². The van der Waals surface area contributed by atoms with Gasteiger partial charge >= 0.3 is 0 Å². The molecule has 3 N–H and O–H groups in total.